The summed E-state index contributed by atoms with van der Waals surface area (Å²) in [6.45, 7) is -3.27. The number of amides is 2. The van der Waals surface area contributed by atoms with Crippen molar-refractivity contribution in [1.82, 2.24) is 19.6 Å². The van der Waals surface area contributed by atoms with Gasteiger partial charge in [-0.05, 0) is 108 Å². The summed E-state index contributed by atoms with van der Waals surface area (Å²) in [6.07, 6.45) is 6.63. The number of carbonyl (C=O) groups is 4. The molecule has 92 heavy (non-hydrogen) atoms. The molecule has 4 aromatic carbocycles. The molecule has 0 spiro atoms. The van der Waals surface area contributed by atoms with E-state index < -0.39 is 48.1 Å². The molecular weight excluding hydrogens is 1330 g/mol. The Balaban J connectivity index is 0.000000217. The molecule has 0 N–H and O–H groups in total. The lowest BCUT2D eigenvalue weighted by molar-refractivity contribution is -0.605. The highest BCUT2D eigenvalue weighted by molar-refractivity contribution is 8.01. The molecule has 4 heterocycles. The maximum atomic E-state index is 13.8. The van der Waals surface area contributed by atoms with Crippen LogP contribution >= 0.6 is 69.9 Å². The van der Waals surface area contributed by atoms with Gasteiger partial charge >= 0.3 is 25.2 Å². The number of esters is 2. The van der Waals surface area contributed by atoms with Crippen LogP contribution in [0.1, 0.15) is 92.0 Å². The third kappa shape index (κ3) is 19.3. The predicted octanol–water partition coefficient (Wildman–Crippen LogP) is 12.2. The number of ether oxygens (including phenoxy) is 6. The lowest BCUT2D eigenvalue weighted by atomic mass is 10.0. The number of rotatable bonds is 26. The highest BCUT2D eigenvalue weighted by Crippen LogP contribution is 2.42. The van der Waals surface area contributed by atoms with Gasteiger partial charge in [-0.3, -0.25) is 19.4 Å². The summed E-state index contributed by atoms with van der Waals surface area (Å²) in [5.74, 6) is 0.767. The molecule has 28 heteroatoms. The second-order valence-corrected chi connectivity index (χ2v) is 26.7. The Morgan fingerprint density at radius 3 is 1.21 bits per heavy atom. The van der Waals surface area contributed by atoms with Gasteiger partial charge < -0.3 is 48.6 Å². The summed E-state index contributed by atoms with van der Waals surface area (Å²) in [4.78, 5) is 59.1. The molecule has 18 nitrogen and oxygen atoms in total. The molecule has 6 aromatic rings. The van der Waals surface area contributed by atoms with Crippen molar-refractivity contribution in [3.63, 3.8) is 0 Å². The van der Waals surface area contributed by atoms with Gasteiger partial charge in [-0.2, -0.15) is 27.0 Å². The van der Waals surface area contributed by atoms with E-state index in [0.717, 1.165) is 61.6 Å². The zero-order valence-electron chi connectivity index (χ0n) is 50.3. The van der Waals surface area contributed by atoms with Crippen LogP contribution < -0.4 is 28.4 Å². The Bertz CT molecular complexity index is 3310. The molecule has 0 bridgehead atoms. The number of nitrogens with zero attached hydrogens (tertiary/aromatic N) is 6. The number of carbonyl (C=O) groups excluding carboxylic acids is 4. The van der Waals surface area contributed by atoms with Gasteiger partial charge in [-0.15, -0.1) is 23.5 Å². The van der Waals surface area contributed by atoms with E-state index in [1.807, 2.05) is 34.1 Å². The van der Waals surface area contributed by atoms with Gasteiger partial charge in [0.2, 0.25) is 0 Å². The minimum atomic E-state index is -3.06. The van der Waals surface area contributed by atoms with Gasteiger partial charge in [0.05, 0.1) is 13.2 Å². The van der Waals surface area contributed by atoms with Crippen molar-refractivity contribution in [2.24, 2.45) is 11.8 Å². The van der Waals surface area contributed by atoms with Crippen molar-refractivity contribution in [3.8, 4) is 23.0 Å². The third-order valence-electron chi connectivity index (χ3n) is 15.2. The molecule has 2 amide bonds. The molecule has 0 radical (unpaired) electrons. The minimum absolute atomic E-state index is 0.000114. The van der Waals surface area contributed by atoms with Crippen LogP contribution in [0.2, 0.25) is 20.1 Å². The van der Waals surface area contributed by atoms with Crippen molar-refractivity contribution in [2.75, 3.05) is 66.0 Å². The Labute approximate surface area is 557 Å². The largest absolute Gasteiger partial charge is 0.619 e. The lowest BCUT2D eigenvalue weighted by Gasteiger charge is -2.26. The van der Waals surface area contributed by atoms with Crippen LogP contribution in [0.25, 0.3) is 0 Å². The highest BCUT2D eigenvalue weighted by atomic mass is 35.5. The van der Waals surface area contributed by atoms with E-state index in [-0.39, 0.29) is 67.7 Å². The summed E-state index contributed by atoms with van der Waals surface area (Å²) in [5, 5.41) is 22.8. The molecule has 10 rings (SSSR count). The molecule has 2 saturated heterocycles. The summed E-state index contributed by atoms with van der Waals surface area (Å²) in [7, 11) is 6.76. The number of benzene rings is 4. The Kier molecular flexibility index (Phi) is 24.2. The number of hydrogen-bond donors (Lipinski definition) is 0. The zero-order chi connectivity index (χ0) is 65.9. The summed E-state index contributed by atoms with van der Waals surface area (Å²) in [6, 6.07) is 23.3. The third-order valence-corrected chi connectivity index (χ3v) is 19.0. The fourth-order valence-corrected chi connectivity index (χ4v) is 13.5. The van der Waals surface area contributed by atoms with E-state index in [2.05, 4.69) is 0 Å². The summed E-state index contributed by atoms with van der Waals surface area (Å²) in [5.41, 5.74) is 4.63. The van der Waals surface area contributed by atoms with Gasteiger partial charge in [-0.25, -0.2) is 9.59 Å². The first-order valence-electron chi connectivity index (χ1n) is 29.3. The second kappa shape index (κ2) is 32.0. The number of aromatic nitrogens is 2. The molecule has 2 aliphatic carbocycles. The van der Waals surface area contributed by atoms with Crippen molar-refractivity contribution in [1.29, 1.82) is 0 Å². The van der Waals surface area contributed by atoms with Gasteiger partial charge in [-0.1, -0.05) is 82.8 Å². The van der Waals surface area contributed by atoms with Crippen LogP contribution in [-0.2, 0) is 45.0 Å². The van der Waals surface area contributed by atoms with Crippen LogP contribution in [-0.4, -0.2) is 133 Å². The Hall–Kier alpha value is -6.64. The predicted molar refractivity (Wildman–Crippen MR) is 341 cm³/mol. The van der Waals surface area contributed by atoms with Gasteiger partial charge in [0, 0.05) is 101 Å². The Morgan fingerprint density at radius 2 is 0.891 bits per heavy atom. The molecule has 4 aliphatic rings. The average Bonchev–Trinajstić information content (AvgIpc) is 1.66. The van der Waals surface area contributed by atoms with Gasteiger partial charge in [0.1, 0.15) is 32.3 Å². The molecule has 2 aliphatic heterocycles. The fraction of sp³-hybridized carbons (Fsp3) is 0.406. The van der Waals surface area contributed by atoms with Crippen LogP contribution in [0.5, 0.6) is 23.0 Å². The first kappa shape index (κ1) is 69.7. The van der Waals surface area contributed by atoms with E-state index in [1.54, 1.807) is 52.5 Å². The van der Waals surface area contributed by atoms with Crippen LogP contribution in [0.3, 0.4) is 0 Å². The molecule has 492 valence electrons. The van der Waals surface area contributed by atoms with Crippen LogP contribution in [0.4, 0.5) is 17.6 Å². The molecule has 4 atom stereocenters. The number of alkyl halides is 4. The van der Waals surface area contributed by atoms with E-state index in [4.69, 9.17) is 74.8 Å². The maximum Gasteiger partial charge on any atom is 0.387 e. The van der Waals surface area contributed by atoms with E-state index in [0.29, 0.717) is 106 Å². The van der Waals surface area contributed by atoms with E-state index in [9.17, 15) is 47.2 Å². The zero-order valence-corrected chi connectivity index (χ0v) is 55.0. The van der Waals surface area contributed by atoms with Crippen molar-refractivity contribution < 1.29 is 74.6 Å². The first-order valence-corrected chi connectivity index (χ1v) is 32.9. The van der Waals surface area contributed by atoms with Crippen molar-refractivity contribution in [2.45, 2.75) is 87.8 Å². The first-order chi connectivity index (χ1) is 44.0. The fourth-order valence-electron chi connectivity index (χ4n) is 9.98. The highest BCUT2D eigenvalue weighted by Gasteiger charge is 2.38. The number of thioether (sulfide) groups is 2. The van der Waals surface area contributed by atoms with E-state index in [1.165, 1.54) is 69.7 Å². The number of hydrogen-bond acceptors (Lipinski definition) is 16. The maximum absolute atomic E-state index is 13.8. The monoisotopic (exact) mass is 1390 g/mol. The van der Waals surface area contributed by atoms with E-state index >= 15 is 0 Å². The molecular formula is C64H66Cl4F4N6O12S2. The van der Waals surface area contributed by atoms with Crippen molar-refractivity contribution in [3.05, 3.63) is 185 Å². The second-order valence-electron chi connectivity index (χ2n) is 22.7. The lowest BCUT2D eigenvalue weighted by Crippen LogP contribution is -2.36. The standard InChI is InChI=1S/2C32H33Cl2F2N3O6S/c2*1-37(2)29(40)21-7-5-19(6-8-21)15-38-11-12-46-30(38)31(41)44-27(14-23-24(33)16-39(42)17-25(23)34)22-9-10-26(45-32(35)36)28(13-22)43-18-20-3-4-20/h2*5-10,13,16-17,20,27,30,32H,3-4,11-12,14-15,18H2,1-2H3/t27-,30+;27-,30-/m00/s1. The average molecular weight is 1390 g/mol. The molecule has 0 unspecified atom stereocenters. The SMILES string of the molecule is CN(C)C(=O)c1ccc(CN2CCS[C@@H]2C(=O)O[C@@H](Cc2c(Cl)c[n+]([O-])cc2Cl)c2ccc(OC(F)F)c(OCC3CC3)c2)cc1.CN(C)C(=O)c1ccc(CN2CCS[C@H]2C(=O)O[C@@H](Cc2c(Cl)c[n+]([O-])cc2Cl)c2ccc(OC(F)F)c(OCC3CC3)c2)cc1. The van der Waals surface area contributed by atoms with Gasteiger partial charge in [0.15, 0.2) is 58.5 Å². The topological polar surface area (TPSA) is 190 Å². The summed E-state index contributed by atoms with van der Waals surface area (Å²) >= 11 is 28.4. The van der Waals surface area contributed by atoms with Crippen LogP contribution in [0, 0.1) is 22.3 Å². The smallest absolute Gasteiger partial charge is 0.387 e. The molecule has 2 saturated carbocycles. The Morgan fingerprint density at radius 1 is 0.543 bits per heavy atom. The van der Waals surface area contributed by atoms with Crippen molar-refractivity contribution >= 4 is 93.7 Å². The normalized spacial score (nSPS) is 17.2. The molecule has 2 aromatic heterocycles. The molecule has 4 fully saturated rings. The minimum Gasteiger partial charge on any atom is -0.619 e. The number of halogens is 8. The number of pyridine rings is 2. The quantitative estimate of drug-likeness (QED) is 0.0215. The van der Waals surface area contributed by atoms with Crippen LogP contribution in [0.15, 0.2) is 110 Å². The summed E-state index contributed by atoms with van der Waals surface area (Å²) < 4.78 is 87.0. The van der Waals surface area contributed by atoms with Gasteiger partial charge in [0.25, 0.3) is 11.8 Å².